The average Bonchev–Trinajstić information content (AvgIpc) is 2.96. The summed E-state index contributed by atoms with van der Waals surface area (Å²) in [5.74, 6) is 0. The molecule has 0 spiro atoms. The summed E-state index contributed by atoms with van der Waals surface area (Å²) < 4.78 is 1.92. The van der Waals surface area contributed by atoms with Crippen molar-refractivity contribution in [3.05, 3.63) is 35.4 Å². The summed E-state index contributed by atoms with van der Waals surface area (Å²) >= 11 is 6.10. The van der Waals surface area contributed by atoms with Crippen LogP contribution >= 0.6 is 11.6 Å². The third kappa shape index (κ3) is 2.17. The van der Waals surface area contributed by atoms with Crippen molar-refractivity contribution in [1.29, 1.82) is 0 Å². The van der Waals surface area contributed by atoms with E-state index in [9.17, 15) is 0 Å². The van der Waals surface area contributed by atoms with Crippen molar-refractivity contribution >= 4 is 17.1 Å². The molecule has 2 aromatic rings. The number of hydrogen-bond acceptors (Lipinski definition) is 2. The summed E-state index contributed by atoms with van der Waals surface area (Å²) in [6.07, 6.45) is 7.23. The predicted molar refractivity (Wildman–Crippen MR) is 69.3 cm³/mol. The van der Waals surface area contributed by atoms with Gasteiger partial charge in [0.1, 0.15) is 0 Å². The molecule has 0 saturated heterocycles. The topological polar surface area (TPSA) is 29.3 Å². The Morgan fingerprint density at radius 2 is 2.18 bits per heavy atom. The van der Waals surface area contributed by atoms with Gasteiger partial charge in [-0.05, 0) is 36.6 Å². The van der Waals surface area contributed by atoms with E-state index in [1.165, 1.54) is 25.7 Å². The van der Waals surface area contributed by atoms with E-state index in [0.29, 0.717) is 11.3 Å². The smallest absolute Gasteiger partial charge is 0.207 e. The van der Waals surface area contributed by atoms with Crippen LogP contribution in [0.2, 0.25) is 5.28 Å². The van der Waals surface area contributed by atoms with Crippen molar-refractivity contribution in [2.24, 2.45) is 0 Å². The van der Waals surface area contributed by atoms with Crippen molar-refractivity contribution in [2.75, 3.05) is 0 Å². The molecule has 0 bridgehead atoms. The Morgan fingerprint density at radius 1 is 1.35 bits per heavy atom. The fourth-order valence-corrected chi connectivity index (χ4v) is 2.81. The molecule has 3 rings (SSSR count). The van der Waals surface area contributed by atoms with Crippen LogP contribution < -0.4 is 5.32 Å². The highest BCUT2D eigenvalue weighted by Crippen LogP contribution is 2.20. The minimum atomic E-state index is 0.545. The maximum atomic E-state index is 6.10. The van der Waals surface area contributed by atoms with Gasteiger partial charge in [-0.25, -0.2) is 4.98 Å². The second-order valence-corrected chi connectivity index (χ2v) is 4.98. The lowest BCUT2D eigenvalue weighted by molar-refractivity contribution is 0.521. The minimum absolute atomic E-state index is 0.545. The zero-order valence-corrected chi connectivity index (χ0v) is 10.5. The first-order valence-corrected chi connectivity index (χ1v) is 6.57. The number of nitrogens with zero attached hydrogens (tertiary/aromatic N) is 2. The molecular weight excluding hydrogens is 234 g/mol. The molecule has 1 aliphatic carbocycles. The van der Waals surface area contributed by atoms with Crippen molar-refractivity contribution in [3.63, 3.8) is 0 Å². The molecule has 0 aliphatic heterocycles. The normalized spacial score (nSPS) is 17.0. The molecule has 0 amide bonds. The molecule has 4 heteroatoms. The second kappa shape index (κ2) is 4.67. The van der Waals surface area contributed by atoms with Gasteiger partial charge in [-0.15, -0.1) is 0 Å². The first-order chi connectivity index (χ1) is 8.34. The van der Waals surface area contributed by atoms with Crippen LogP contribution in [0.3, 0.4) is 0 Å². The zero-order chi connectivity index (χ0) is 11.7. The molecule has 1 N–H and O–H groups in total. The molecule has 3 nitrogen and oxygen atoms in total. The number of imidazole rings is 1. The van der Waals surface area contributed by atoms with Crippen LogP contribution in [0.25, 0.3) is 5.52 Å². The number of rotatable bonds is 3. The molecule has 0 radical (unpaired) electrons. The van der Waals surface area contributed by atoms with Gasteiger partial charge in [-0.1, -0.05) is 18.9 Å². The van der Waals surface area contributed by atoms with Gasteiger partial charge in [0.05, 0.1) is 11.2 Å². The summed E-state index contributed by atoms with van der Waals surface area (Å²) in [6.45, 7) is 0.810. The highest BCUT2D eigenvalue weighted by Gasteiger charge is 2.15. The van der Waals surface area contributed by atoms with Crippen LogP contribution in [-0.4, -0.2) is 15.4 Å². The summed E-state index contributed by atoms with van der Waals surface area (Å²) in [7, 11) is 0. The standard InChI is InChI=1S/C13H16ClN3/c14-13-16-11(9-15-10-5-1-2-6-10)12-7-3-4-8-17(12)13/h3-4,7-8,10,15H,1-2,5-6,9H2. The lowest BCUT2D eigenvalue weighted by Crippen LogP contribution is -2.25. The molecule has 1 aliphatic rings. The maximum absolute atomic E-state index is 6.10. The van der Waals surface area contributed by atoms with Crippen molar-refractivity contribution in [2.45, 2.75) is 38.3 Å². The number of fused-ring (bicyclic) bond motifs is 1. The van der Waals surface area contributed by atoms with E-state index in [-0.39, 0.29) is 0 Å². The first kappa shape index (κ1) is 11.1. The minimum Gasteiger partial charge on any atom is -0.308 e. The summed E-state index contributed by atoms with van der Waals surface area (Å²) in [5.41, 5.74) is 2.14. The lowest BCUT2D eigenvalue weighted by atomic mass is 10.2. The Morgan fingerprint density at radius 3 is 3.00 bits per heavy atom. The largest absolute Gasteiger partial charge is 0.308 e. The third-order valence-electron chi connectivity index (χ3n) is 3.49. The molecule has 2 aromatic heterocycles. The van der Waals surface area contributed by atoms with Crippen LogP contribution in [0.5, 0.6) is 0 Å². The molecule has 90 valence electrons. The van der Waals surface area contributed by atoms with E-state index in [0.717, 1.165) is 17.8 Å². The van der Waals surface area contributed by atoms with Crippen LogP contribution in [0.4, 0.5) is 0 Å². The van der Waals surface area contributed by atoms with E-state index in [2.05, 4.69) is 16.4 Å². The van der Waals surface area contributed by atoms with E-state index in [4.69, 9.17) is 11.6 Å². The maximum Gasteiger partial charge on any atom is 0.207 e. The fraction of sp³-hybridized carbons (Fsp3) is 0.462. The second-order valence-electron chi connectivity index (χ2n) is 4.65. The number of nitrogens with one attached hydrogen (secondary N) is 1. The van der Waals surface area contributed by atoms with E-state index in [1.807, 2.05) is 22.7 Å². The highest BCUT2D eigenvalue weighted by atomic mass is 35.5. The van der Waals surface area contributed by atoms with Gasteiger partial charge in [-0.3, -0.25) is 4.40 Å². The van der Waals surface area contributed by atoms with Crippen molar-refractivity contribution in [1.82, 2.24) is 14.7 Å². The molecule has 1 saturated carbocycles. The first-order valence-electron chi connectivity index (χ1n) is 6.19. The molecule has 0 aromatic carbocycles. The van der Waals surface area contributed by atoms with Gasteiger partial charge in [0.25, 0.3) is 0 Å². The molecule has 2 heterocycles. The van der Waals surface area contributed by atoms with E-state index >= 15 is 0 Å². The summed E-state index contributed by atoms with van der Waals surface area (Å²) in [6, 6.07) is 6.71. The van der Waals surface area contributed by atoms with Crippen LogP contribution in [0.15, 0.2) is 24.4 Å². The Kier molecular flexibility index (Phi) is 3.04. The summed E-state index contributed by atoms with van der Waals surface area (Å²) in [4.78, 5) is 4.42. The SMILES string of the molecule is Clc1nc(CNC2CCCC2)c2ccccn12. The summed E-state index contributed by atoms with van der Waals surface area (Å²) in [5, 5.41) is 4.11. The van der Waals surface area contributed by atoms with Crippen LogP contribution in [-0.2, 0) is 6.54 Å². The lowest BCUT2D eigenvalue weighted by Gasteiger charge is -2.10. The van der Waals surface area contributed by atoms with Gasteiger partial charge < -0.3 is 5.32 Å². The molecule has 0 unspecified atom stereocenters. The Balaban J connectivity index is 1.80. The quantitative estimate of drug-likeness (QED) is 0.906. The van der Waals surface area contributed by atoms with Crippen molar-refractivity contribution in [3.8, 4) is 0 Å². The Labute approximate surface area is 106 Å². The van der Waals surface area contributed by atoms with Crippen LogP contribution in [0.1, 0.15) is 31.4 Å². The third-order valence-corrected chi connectivity index (χ3v) is 3.76. The number of pyridine rings is 1. The van der Waals surface area contributed by atoms with E-state index in [1.54, 1.807) is 0 Å². The van der Waals surface area contributed by atoms with Crippen molar-refractivity contribution < 1.29 is 0 Å². The van der Waals surface area contributed by atoms with Gasteiger partial charge in [0.15, 0.2) is 0 Å². The van der Waals surface area contributed by atoms with Crippen LogP contribution in [0, 0.1) is 0 Å². The number of aromatic nitrogens is 2. The molecule has 1 fully saturated rings. The molecule has 17 heavy (non-hydrogen) atoms. The zero-order valence-electron chi connectivity index (χ0n) is 9.69. The van der Waals surface area contributed by atoms with Gasteiger partial charge in [0, 0.05) is 18.8 Å². The predicted octanol–water partition coefficient (Wildman–Crippen LogP) is 3.02. The number of halogens is 1. The Bertz CT molecular complexity index is 514. The highest BCUT2D eigenvalue weighted by molar-refractivity contribution is 6.28. The Hall–Kier alpha value is -1.06. The monoisotopic (exact) mass is 249 g/mol. The fourth-order valence-electron chi connectivity index (χ4n) is 2.56. The van der Waals surface area contributed by atoms with E-state index < -0.39 is 0 Å². The molecule has 0 atom stereocenters. The average molecular weight is 250 g/mol. The van der Waals surface area contributed by atoms with Gasteiger partial charge in [-0.2, -0.15) is 0 Å². The number of hydrogen-bond donors (Lipinski definition) is 1. The van der Waals surface area contributed by atoms with Gasteiger partial charge in [0.2, 0.25) is 5.28 Å². The molecular formula is C13H16ClN3. The van der Waals surface area contributed by atoms with Gasteiger partial charge >= 0.3 is 0 Å².